The largest absolute Gasteiger partial charge is 0.352 e. The minimum absolute atomic E-state index is 0.0948. The van der Waals surface area contributed by atoms with Gasteiger partial charge in [-0.25, -0.2) is 0 Å². The van der Waals surface area contributed by atoms with Crippen LogP contribution in [0.3, 0.4) is 0 Å². The Morgan fingerprint density at radius 3 is 2.53 bits per heavy atom. The lowest BCUT2D eigenvalue weighted by molar-refractivity contribution is -0.135. The summed E-state index contributed by atoms with van der Waals surface area (Å²) in [7, 11) is 0. The lowest BCUT2D eigenvalue weighted by Crippen LogP contribution is -2.48. The normalized spacial score (nSPS) is 16.1. The van der Waals surface area contributed by atoms with Crippen molar-refractivity contribution in [2.75, 3.05) is 19.6 Å². The van der Waals surface area contributed by atoms with E-state index < -0.39 is 0 Å². The summed E-state index contributed by atoms with van der Waals surface area (Å²) < 4.78 is 0. The van der Waals surface area contributed by atoms with E-state index in [1.807, 2.05) is 6.07 Å². The van der Waals surface area contributed by atoms with Gasteiger partial charge in [0.1, 0.15) is 0 Å². The van der Waals surface area contributed by atoms with Crippen molar-refractivity contribution in [2.45, 2.75) is 19.4 Å². The van der Waals surface area contributed by atoms with Crippen molar-refractivity contribution in [3.63, 3.8) is 0 Å². The van der Waals surface area contributed by atoms with Crippen LogP contribution in [0.5, 0.6) is 0 Å². The van der Waals surface area contributed by atoms with E-state index in [1.54, 1.807) is 47.4 Å². The van der Waals surface area contributed by atoms with Gasteiger partial charge in [0.05, 0.1) is 12.5 Å². The topological polar surface area (TPSA) is 78.5 Å². The smallest absolute Gasteiger partial charge is 0.251 e. The molecule has 8 heteroatoms. The summed E-state index contributed by atoms with van der Waals surface area (Å²) in [5.74, 6) is -0.905. The van der Waals surface area contributed by atoms with Gasteiger partial charge in [0.15, 0.2) is 0 Å². The first-order valence-electron chi connectivity index (χ1n) is 9.76. The van der Waals surface area contributed by atoms with Crippen molar-refractivity contribution < 1.29 is 14.4 Å². The number of halogens is 2. The number of nitrogens with zero attached hydrogens (tertiary/aromatic N) is 1. The van der Waals surface area contributed by atoms with E-state index in [4.69, 9.17) is 23.2 Å². The number of likely N-dealkylation sites (tertiary alicyclic amines) is 1. The van der Waals surface area contributed by atoms with Gasteiger partial charge < -0.3 is 15.5 Å². The average molecular weight is 448 g/mol. The summed E-state index contributed by atoms with van der Waals surface area (Å²) in [6.07, 6.45) is 1.44. The van der Waals surface area contributed by atoms with Crippen molar-refractivity contribution in [3.8, 4) is 0 Å². The van der Waals surface area contributed by atoms with E-state index in [9.17, 15) is 14.4 Å². The molecule has 1 aliphatic heterocycles. The molecule has 1 heterocycles. The molecule has 1 saturated heterocycles. The van der Waals surface area contributed by atoms with E-state index in [0.29, 0.717) is 41.7 Å². The second-order valence-electron chi connectivity index (χ2n) is 7.18. The van der Waals surface area contributed by atoms with Crippen LogP contribution in [0.2, 0.25) is 10.0 Å². The van der Waals surface area contributed by atoms with E-state index in [1.165, 1.54) is 0 Å². The molecule has 0 aromatic heterocycles. The fraction of sp³-hybridized carbons (Fsp3) is 0.318. The summed E-state index contributed by atoms with van der Waals surface area (Å²) in [4.78, 5) is 38.8. The van der Waals surface area contributed by atoms with Crippen molar-refractivity contribution in [3.05, 3.63) is 69.7 Å². The number of carbonyl (C=O) groups excluding carboxylic acids is 3. The minimum atomic E-state index is -0.296. The number of amides is 3. The maximum absolute atomic E-state index is 12.6. The first-order chi connectivity index (χ1) is 14.4. The molecule has 0 saturated carbocycles. The molecule has 0 aliphatic carbocycles. The molecule has 2 aromatic rings. The number of rotatable bonds is 6. The molecule has 1 atom stereocenters. The number of benzene rings is 2. The third-order valence-electron chi connectivity index (χ3n) is 5.05. The van der Waals surface area contributed by atoms with Gasteiger partial charge in [0.2, 0.25) is 11.8 Å². The Balaban J connectivity index is 1.48. The first kappa shape index (κ1) is 22.1. The van der Waals surface area contributed by atoms with Crippen LogP contribution in [0.15, 0.2) is 48.5 Å². The molecule has 0 unspecified atom stereocenters. The van der Waals surface area contributed by atoms with Gasteiger partial charge in [-0.05, 0) is 42.7 Å². The van der Waals surface area contributed by atoms with Gasteiger partial charge in [-0.3, -0.25) is 14.4 Å². The van der Waals surface area contributed by atoms with Crippen LogP contribution in [0, 0.1) is 5.92 Å². The Bertz CT molecular complexity index is 921. The second-order valence-corrected chi connectivity index (χ2v) is 8.02. The predicted molar refractivity (Wildman–Crippen MR) is 116 cm³/mol. The zero-order valence-corrected chi connectivity index (χ0v) is 17.9. The monoisotopic (exact) mass is 447 g/mol. The molecule has 3 amide bonds. The Morgan fingerprint density at radius 1 is 1.03 bits per heavy atom. The molecule has 2 N–H and O–H groups in total. The quantitative estimate of drug-likeness (QED) is 0.712. The van der Waals surface area contributed by atoms with Gasteiger partial charge >= 0.3 is 0 Å². The molecule has 0 spiro atoms. The summed E-state index contributed by atoms with van der Waals surface area (Å²) >= 11 is 12.0. The van der Waals surface area contributed by atoms with Crippen LogP contribution < -0.4 is 10.6 Å². The molecular formula is C22H23Cl2N3O3. The van der Waals surface area contributed by atoms with Gasteiger partial charge in [0.25, 0.3) is 5.91 Å². The highest BCUT2D eigenvalue weighted by Crippen LogP contribution is 2.21. The zero-order valence-electron chi connectivity index (χ0n) is 16.4. The van der Waals surface area contributed by atoms with Crippen molar-refractivity contribution in [2.24, 2.45) is 5.92 Å². The Kier molecular flexibility index (Phi) is 7.71. The summed E-state index contributed by atoms with van der Waals surface area (Å²) in [5, 5.41) is 6.56. The van der Waals surface area contributed by atoms with Gasteiger partial charge in [0, 0.05) is 35.2 Å². The highest BCUT2D eigenvalue weighted by Gasteiger charge is 2.28. The van der Waals surface area contributed by atoms with E-state index >= 15 is 0 Å². The maximum atomic E-state index is 12.6. The third-order valence-corrected chi connectivity index (χ3v) is 5.64. The molecule has 158 valence electrons. The van der Waals surface area contributed by atoms with E-state index in [-0.39, 0.29) is 30.2 Å². The maximum Gasteiger partial charge on any atom is 0.251 e. The molecular weight excluding hydrogens is 425 g/mol. The van der Waals surface area contributed by atoms with Gasteiger partial charge in [-0.1, -0.05) is 47.5 Å². The van der Waals surface area contributed by atoms with E-state index in [2.05, 4.69) is 10.6 Å². The minimum Gasteiger partial charge on any atom is -0.352 e. The predicted octanol–water partition coefficient (Wildman–Crippen LogP) is 3.28. The standard InChI is InChI=1S/C22H23Cl2N3O3/c23-18-9-8-16(19(24)11-18)12-25-22(30)17-7-4-10-27(14-17)20(28)13-26-21(29)15-5-2-1-3-6-15/h1-3,5-6,8-9,11,17H,4,7,10,12-14H2,(H,25,30)(H,26,29)/t17-/m0/s1. The number of hydrogen-bond acceptors (Lipinski definition) is 3. The van der Waals surface area contributed by atoms with Crippen LogP contribution >= 0.6 is 23.2 Å². The highest BCUT2D eigenvalue weighted by molar-refractivity contribution is 6.35. The molecule has 3 rings (SSSR count). The Morgan fingerprint density at radius 2 is 1.80 bits per heavy atom. The lowest BCUT2D eigenvalue weighted by atomic mass is 9.97. The fourth-order valence-corrected chi connectivity index (χ4v) is 3.84. The first-order valence-corrected chi connectivity index (χ1v) is 10.5. The van der Waals surface area contributed by atoms with Crippen molar-refractivity contribution in [1.82, 2.24) is 15.5 Å². The van der Waals surface area contributed by atoms with E-state index in [0.717, 1.165) is 12.0 Å². The molecule has 30 heavy (non-hydrogen) atoms. The summed E-state index contributed by atoms with van der Waals surface area (Å²) in [6, 6.07) is 13.9. The molecule has 0 bridgehead atoms. The molecule has 2 aromatic carbocycles. The molecule has 6 nitrogen and oxygen atoms in total. The van der Waals surface area contributed by atoms with Crippen LogP contribution in [0.1, 0.15) is 28.8 Å². The second kappa shape index (κ2) is 10.5. The summed E-state index contributed by atoms with van der Waals surface area (Å²) in [5.41, 5.74) is 1.28. The number of carbonyl (C=O) groups is 3. The Labute approximate surface area is 185 Å². The van der Waals surface area contributed by atoms with Gasteiger partial charge in [-0.15, -0.1) is 0 Å². The van der Waals surface area contributed by atoms with Gasteiger partial charge in [-0.2, -0.15) is 0 Å². The fourth-order valence-electron chi connectivity index (χ4n) is 3.37. The zero-order chi connectivity index (χ0) is 21.5. The van der Waals surface area contributed by atoms with Crippen LogP contribution in [-0.4, -0.2) is 42.3 Å². The van der Waals surface area contributed by atoms with Crippen molar-refractivity contribution >= 4 is 40.9 Å². The molecule has 1 aliphatic rings. The van der Waals surface area contributed by atoms with Crippen molar-refractivity contribution in [1.29, 1.82) is 0 Å². The Hall–Kier alpha value is -2.57. The van der Waals surface area contributed by atoms with Crippen LogP contribution in [-0.2, 0) is 16.1 Å². The SMILES string of the molecule is O=C(NCC(=O)N1CCC[C@H](C(=O)NCc2ccc(Cl)cc2Cl)C1)c1ccccc1. The average Bonchev–Trinajstić information content (AvgIpc) is 2.77. The molecule has 1 fully saturated rings. The number of nitrogens with one attached hydrogen (secondary N) is 2. The number of piperidine rings is 1. The van der Waals surface area contributed by atoms with Crippen LogP contribution in [0.25, 0.3) is 0 Å². The highest BCUT2D eigenvalue weighted by atomic mass is 35.5. The molecule has 0 radical (unpaired) electrons. The lowest BCUT2D eigenvalue weighted by Gasteiger charge is -2.32. The van der Waals surface area contributed by atoms with Crippen LogP contribution in [0.4, 0.5) is 0 Å². The third kappa shape index (κ3) is 5.97. The number of hydrogen-bond donors (Lipinski definition) is 2. The summed E-state index contributed by atoms with van der Waals surface area (Å²) in [6.45, 7) is 1.11.